The van der Waals surface area contributed by atoms with Gasteiger partial charge in [-0.25, -0.2) is 0 Å². The average molecular weight is 435 g/mol. The number of H-pyrrole nitrogens is 1. The molecule has 28 heavy (non-hydrogen) atoms. The monoisotopic (exact) mass is 434 g/mol. The van der Waals surface area contributed by atoms with Gasteiger partial charge in [0.1, 0.15) is 11.5 Å². The van der Waals surface area contributed by atoms with Crippen LogP contribution in [0.25, 0.3) is 22.2 Å². The molecule has 0 atom stereocenters. The predicted molar refractivity (Wildman–Crippen MR) is 120 cm³/mol. The largest absolute Gasteiger partial charge is 0.457 e. The highest BCUT2D eigenvalue weighted by Crippen LogP contribution is 2.35. The third kappa shape index (κ3) is 4.13. The average Bonchev–Trinajstić information content (AvgIpc) is 3.07. The number of nitrogens with two attached hydrogens (primary N) is 1. The van der Waals surface area contributed by atoms with Crippen LogP contribution in [0, 0.1) is 0 Å². The molecule has 0 radical (unpaired) electrons. The predicted octanol–water partition coefficient (Wildman–Crippen LogP) is 6.67. The summed E-state index contributed by atoms with van der Waals surface area (Å²) < 4.78 is 7.14. The lowest BCUT2D eigenvalue weighted by Gasteiger charge is -2.07. The molecule has 0 unspecified atom stereocenters. The van der Waals surface area contributed by atoms with Crippen LogP contribution in [0.2, 0.25) is 0 Å². The van der Waals surface area contributed by atoms with E-state index in [1.54, 1.807) is 0 Å². The number of para-hydroxylation sites is 1. The third-order valence-corrected chi connectivity index (χ3v) is 5.40. The van der Waals surface area contributed by atoms with Crippen LogP contribution in [0.3, 0.4) is 0 Å². The minimum atomic E-state index is 0.721. The van der Waals surface area contributed by atoms with Gasteiger partial charge in [-0.2, -0.15) is 0 Å². The normalized spacial score (nSPS) is 11.1. The van der Waals surface area contributed by atoms with Crippen LogP contribution in [-0.4, -0.2) is 11.5 Å². The second kappa shape index (κ2) is 8.63. The Balaban J connectivity index is 1.75. The first kappa shape index (κ1) is 18.8. The van der Waals surface area contributed by atoms with E-state index in [-0.39, 0.29) is 0 Å². The maximum Gasteiger partial charge on any atom is 0.128 e. The number of aryl methyl sites for hydroxylation is 1. The molecule has 0 saturated heterocycles. The van der Waals surface area contributed by atoms with Gasteiger partial charge in [0.2, 0.25) is 0 Å². The number of hydrogen-bond donors (Lipinski definition) is 2. The van der Waals surface area contributed by atoms with Gasteiger partial charge in [-0.3, -0.25) is 0 Å². The number of unbranched alkanes of at least 4 members (excludes halogenated alkanes) is 1. The Bertz CT molecular complexity index is 1060. The highest BCUT2D eigenvalue weighted by atomic mass is 79.9. The Morgan fingerprint density at radius 1 is 0.857 bits per heavy atom. The SMILES string of the molecule is NCCCCc1c(-c2ccc(Br)cc2)[nH]c2ccc(Oc3ccccc3)cc12. The van der Waals surface area contributed by atoms with Crippen LogP contribution < -0.4 is 10.5 Å². The number of aromatic nitrogens is 1. The zero-order valence-electron chi connectivity index (χ0n) is 15.6. The molecule has 0 saturated carbocycles. The standard InChI is InChI=1S/C24H23BrN2O/c25-18-11-9-17(10-12-18)24-21(8-4-5-15-26)22-16-20(13-14-23(22)27-24)28-19-6-2-1-3-7-19/h1-3,6-7,9-14,16,27H,4-5,8,15,26H2. The maximum atomic E-state index is 6.06. The van der Waals surface area contributed by atoms with Crippen molar-refractivity contribution in [2.75, 3.05) is 6.54 Å². The quantitative estimate of drug-likeness (QED) is 0.319. The van der Waals surface area contributed by atoms with E-state index >= 15 is 0 Å². The fourth-order valence-corrected chi connectivity index (χ4v) is 3.75. The number of benzene rings is 3. The van der Waals surface area contributed by atoms with Crippen LogP contribution >= 0.6 is 15.9 Å². The van der Waals surface area contributed by atoms with E-state index in [1.165, 1.54) is 22.2 Å². The molecule has 4 rings (SSSR count). The van der Waals surface area contributed by atoms with Gasteiger partial charge in [0.25, 0.3) is 0 Å². The lowest BCUT2D eigenvalue weighted by molar-refractivity contribution is 0.483. The van der Waals surface area contributed by atoms with Gasteiger partial charge in [-0.15, -0.1) is 0 Å². The van der Waals surface area contributed by atoms with Crippen LogP contribution in [0.1, 0.15) is 18.4 Å². The number of hydrogen-bond acceptors (Lipinski definition) is 2. The molecule has 0 bridgehead atoms. The molecule has 3 nitrogen and oxygen atoms in total. The van der Waals surface area contributed by atoms with E-state index in [0.717, 1.165) is 47.3 Å². The lowest BCUT2D eigenvalue weighted by Crippen LogP contribution is -1.99. The van der Waals surface area contributed by atoms with Crippen molar-refractivity contribution < 1.29 is 4.74 Å². The fourth-order valence-electron chi connectivity index (χ4n) is 3.48. The van der Waals surface area contributed by atoms with E-state index in [9.17, 15) is 0 Å². The van der Waals surface area contributed by atoms with E-state index in [2.05, 4.69) is 57.3 Å². The highest BCUT2D eigenvalue weighted by Gasteiger charge is 2.14. The minimum Gasteiger partial charge on any atom is -0.457 e. The minimum absolute atomic E-state index is 0.721. The van der Waals surface area contributed by atoms with Gasteiger partial charge in [0, 0.05) is 21.1 Å². The van der Waals surface area contributed by atoms with Crippen molar-refractivity contribution >= 4 is 26.8 Å². The Morgan fingerprint density at radius 2 is 1.64 bits per heavy atom. The molecule has 0 spiro atoms. The topological polar surface area (TPSA) is 51.0 Å². The molecular formula is C24H23BrN2O. The van der Waals surface area contributed by atoms with Gasteiger partial charge in [0.15, 0.2) is 0 Å². The first-order valence-corrected chi connectivity index (χ1v) is 10.4. The number of fused-ring (bicyclic) bond motifs is 1. The summed E-state index contributed by atoms with van der Waals surface area (Å²) >= 11 is 3.52. The number of nitrogens with one attached hydrogen (secondary N) is 1. The second-order valence-electron chi connectivity index (χ2n) is 6.85. The van der Waals surface area contributed by atoms with Gasteiger partial charge in [-0.05, 0) is 79.4 Å². The van der Waals surface area contributed by atoms with Gasteiger partial charge >= 0.3 is 0 Å². The van der Waals surface area contributed by atoms with E-state index in [4.69, 9.17) is 10.5 Å². The molecule has 3 N–H and O–H groups in total. The first-order valence-electron chi connectivity index (χ1n) is 9.58. The second-order valence-corrected chi connectivity index (χ2v) is 7.77. The van der Waals surface area contributed by atoms with Crippen molar-refractivity contribution in [2.45, 2.75) is 19.3 Å². The van der Waals surface area contributed by atoms with Crippen LogP contribution in [0.5, 0.6) is 11.5 Å². The Hall–Kier alpha value is -2.56. The Kier molecular flexibility index (Phi) is 5.79. The molecule has 0 aliphatic heterocycles. The molecule has 0 amide bonds. The van der Waals surface area contributed by atoms with Crippen molar-refractivity contribution in [2.24, 2.45) is 5.73 Å². The Morgan fingerprint density at radius 3 is 2.39 bits per heavy atom. The van der Waals surface area contributed by atoms with Crippen LogP contribution in [-0.2, 0) is 6.42 Å². The molecule has 0 aliphatic carbocycles. The van der Waals surface area contributed by atoms with Crippen molar-refractivity contribution in [3.05, 3.63) is 82.8 Å². The summed E-state index contributed by atoms with van der Waals surface area (Å²) in [5.41, 5.74) is 10.5. The van der Waals surface area contributed by atoms with Crippen molar-refractivity contribution in [3.8, 4) is 22.8 Å². The van der Waals surface area contributed by atoms with Gasteiger partial charge < -0.3 is 15.5 Å². The molecule has 4 heteroatoms. The molecular weight excluding hydrogens is 412 g/mol. The smallest absolute Gasteiger partial charge is 0.128 e. The van der Waals surface area contributed by atoms with Crippen LogP contribution in [0.4, 0.5) is 0 Å². The number of halogens is 1. The number of rotatable bonds is 7. The third-order valence-electron chi connectivity index (χ3n) is 4.87. The summed E-state index contributed by atoms with van der Waals surface area (Å²) in [6, 6.07) is 24.6. The molecule has 142 valence electrons. The van der Waals surface area contributed by atoms with E-state index in [0.29, 0.717) is 0 Å². The summed E-state index contributed by atoms with van der Waals surface area (Å²) in [7, 11) is 0. The number of ether oxygens (including phenoxy) is 1. The number of aromatic amines is 1. The molecule has 0 aliphatic rings. The molecule has 3 aromatic carbocycles. The summed E-state index contributed by atoms with van der Waals surface area (Å²) in [6.07, 6.45) is 3.07. The zero-order chi connectivity index (χ0) is 19.3. The van der Waals surface area contributed by atoms with E-state index < -0.39 is 0 Å². The zero-order valence-corrected chi connectivity index (χ0v) is 17.2. The van der Waals surface area contributed by atoms with E-state index in [1.807, 2.05) is 36.4 Å². The summed E-state index contributed by atoms with van der Waals surface area (Å²) in [4.78, 5) is 3.62. The summed E-state index contributed by atoms with van der Waals surface area (Å²) in [5.74, 6) is 1.69. The maximum absolute atomic E-state index is 6.06. The Labute approximate surface area is 173 Å². The van der Waals surface area contributed by atoms with Crippen molar-refractivity contribution in [1.29, 1.82) is 0 Å². The van der Waals surface area contributed by atoms with Gasteiger partial charge in [-0.1, -0.05) is 46.3 Å². The molecule has 1 aromatic heterocycles. The van der Waals surface area contributed by atoms with Crippen LogP contribution in [0.15, 0.2) is 77.3 Å². The molecule has 4 aromatic rings. The molecule has 1 heterocycles. The van der Waals surface area contributed by atoms with Crippen molar-refractivity contribution in [3.63, 3.8) is 0 Å². The summed E-state index contributed by atoms with van der Waals surface area (Å²) in [5, 5.41) is 1.21. The van der Waals surface area contributed by atoms with Crippen molar-refractivity contribution in [1.82, 2.24) is 4.98 Å². The molecule has 0 fully saturated rings. The van der Waals surface area contributed by atoms with Gasteiger partial charge in [0.05, 0.1) is 0 Å². The summed E-state index contributed by atoms with van der Waals surface area (Å²) in [6.45, 7) is 0.721. The fraction of sp³-hybridized carbons (Fsp3) is 0.167. The first-order chi connectivity index (χ1) is 13.7. The highest BCUT2D eigenvalue weighted by molar-refractivity contribution is 9.10. The lowest BCUT2D eigenvalue weighted by atomic mass is 10.00.